The average molecular weight is 309 g/mol. The molecule has 0 heterocycles. The molecule has 0 aliphatic heterocycles. The summed E-state index contributed by atoms with van der Waals surface area (Å²) in [6, 6.07) is 6.86. The number of nitrogens with one attached hydrogen (secondary N) is 1. The standard InChI is InChI=1S/C16H23NO5/c1-11(14(18)19)12-5-7-13(8-6-12)21-10-9-17-15(20)22-16(2,3)4/h5-8,11H,9-10H2,1-4H3,(H,17,20)(H,18,19). The maximum Gasteiger partial charge on any atom is 0.407 e. The van der Waals surface area contributed by atoms with E-state index in [0.717, 1.165) is 0 Å². The van der Waals surface area contributed by atoms with E-state index >= 15 is 0 Å². The number of hydrogen-bond acceptors (Lipinski definition) is 4. The van der Waals surface area contributed by atoms with Gasteiger partial charge in [0, 0.05) is 0 Å². The van der Waals surface area contributed by atoms with Crippen molar-refractivity contribution < 1.29 is 24.2 Å². The normalized spacial score (nSPS) is 12.4. The summed E-state index contributed by atoms with van der Waals surface area (Å²) in [7, 11) is 0. The van der Waals surface area contributed by atoms with Crippen LogP contribution >= 0.6 is 0 Å². The molecule has 1 unspecified atom stereocenters. The molecule has 2 N–H and O–H groups in total. The minimum atomic E-state index is -0.866. The zero-order valence-corrected chi connectivity index (χ0v) is 13.4. The third-order valence-corrected chi connectivity index (χ3v) is 2.79. The number of alkyl carbamates (subject to hydrolysis) is 1. The molecule has 1 aromatic carbocycles. The van der Waals surface area contributed by atoms with Crippen LogP contribution in [-0.2, 0) is 9.53 Å². The zero-order chi connectivity index (χ0) is 16.8. The molecule has 0 saturated carbocycles. The van der Waals surface area contributed by atoms with Crippen LogP contribution in [0, 0.1) is 0 Å². The molecule has 0 fully saturated rings. The number of aliphatic carboxylic acids is 1. The molecular formula is C16H23NO5. The minimum Gasteiger partial charge on any atom is -0.492 e. The van der Waals surface area contributed by atoms with E-state index < -0.39 is 23.6 Å². The molecule has 6 nitrogen and oxygen atoms in total. The van der Waals surface area contributed by atoms with Gasteiger partial charge in [0.05, 0.1) is 12.5 Å². The lowest BCUT2D eigenvalue weighted by Gasteiger charge is -2.19. The predicted molar refractivity (Wildman–Crippen MR) is 82.2 cm³/mol. The first kappa shape index (κ1) is 17.8. The van der Waals surface area contributed by atoms with Crippen molar-refractivity contribution in [2.75, 3.05) is 13.2 Å². The van der Waals surface area contributed by atoms with Crippen molar-refractivity contribution >= 4 is 12.1 Å². The van der Waals surface area contributed by atoms with E-state index in [1.807, 2.05) is 0 Å². The Kier molecular flexibility index (Phi) is 6.22. The number of amides is 1. The summed E-state index contributed by atoms with van der Waals surface area (Å²) in [5, 5.41) is 11.5. The molecule has 122 valence electrons. The van der Waals surface area contributed by atoms with Crippen LogP contribution in [0.4, 0.5) is 4.79 Å². The first-order valence-corrected chi connectivity index (χ1v) is 7.11. The lowest BCUT2D eigenvalue weighted by atomic mass is 10.0. The Balaban J connectivity index is 2.34. The Morgan fingerprint density at radius 2 is 1.82 bits per heavy atom. The number of carboxylic acids is 1. The van der Waals surface area contributed by atoms with Gasteiger partial charge in [-0.05, 0) is 45.4 Å². The van der Waals surface area contributed by atoms with Gasteiger partial charge in [-0.25, -0.2) is 4.79 Å². The fourth-order valence-corrected chi connectivity index (χ4v) is 1.63. The number of ether oxygens (including phenoxy) is 2. The summed E-state index contributed by atoms with van der Waals surface area (Å²) in [5.74, 6) is -0.801. The molecule has 0 radical (unpaired) electrons. The number of carbonyl (C=O) groups is 2. The number of hydrogen-bond donors (Lipinski definition) is 2. The zero-order valence-electron chi connectivity index (χ0n) is 13.4. The van der Waals surface area contributed by atoms with E-state index in [9.17, 15) is 9.59 Å². The maximum atomic E-state index is 11.4. The summed E-state index contributed by atoms with van der Waals surface area (Å²) in [5.41, 5.74) is 0.188. The van der Waals surface area contributed by atoms with Gasteiger partial charge in [-0.2, -0.15) is 0 Å². The first-order valence-electron chi connectivity index (χ1n) is 7.11. The van der Waals surface area contributed by atoms with Crippen LogP contribution in [-0.4, -0.2) is 35.9 Å². The summed E-state index contributed by atoms with van der Waals surface area (Å²) in [6.07, 6.45) is -0.485. The third-order valence-electron chi connectivity index (χ3n) is 2.79. The van der Waals surface area contributed by atoms with Gasteiger partial charge in [0.25, 0.3) is 0 Å². The summed E-state index contributed by atoms with van der Waals surface area (Å²) in [6.45, 7) is 7.63. The highest BCUT2D eigenvalue weighted by Crippen LogP contribution is 2.19. The second-order valence-electron chi connectivity index (χ2n) is 5.91. The quantitative estimate of drug-likeness (QED) is 0.789. The second kappa shape index (κ2) is 7.68. The molecule has 1 rings (SSSR count). The summed E-state index contributed by atoms with van der Waals surface area (Å²) in [4.78, 5) is 22.3. The van der Waals surface area contributed by atoms with E-state index in [2.05, 4.69) is 5.32 Å². The van der Waals surface area contributed by atoms with Crippen molar-refractivity contribution in [1.82, 2.24) is 5.32 Å². The Morgan fingerprint density at radius 3 is 2.32 bits per heavy atom. The van der Waals surface area contributed by atoms with Gasteiger partial charge in [0.1, 0.15) is 18.0 Å². The summed E-state index contributed by atoms with van der Waals surface area (Å²) >= 11 is 0. The van der Waals surface area contributed by atoms with Gasteiger partial charge in [-0.3, -0.25) is 4.79 Å². The fraction of sp³-hybridized carbons (Fsp3) is 0.500. The van der Waals surface area contributed by atoms with Gasteiger partial charge in [0.15, 0.2) is 0 Å². The van der Waals surface area contributed by atoms with E-state index in [-0.39, 0.29) is 0 Å². The first-order chi connectivity index (χ1) is 10.2. The molecule has 22 heavy (non-hydrogen) atoms. The van der Waals surface area contributed by atoms with Crippen molar-refractivity contribution in [3.63, 3.8) is 0 Å². The van der Waals surface area contributed by atoms with Gasteiger partial charge < -0.3 is 19.9 Å². The molecule has 6 heteroatoms. The average Bonchev–Trinajstić information content (AvgIpc) is 2.41. The van der Waals surface area contributed by atoms with Crippen LogP contribution in [0.1, 0.15) is 39.2 Å². The van der Waals surface area contributed by atoms with Gasteiger partial charge >= 0.3 is 12.1 Å². The van der Waals surface area contributed by atoms with Crippen LogP contribution in [0.25, 0.3) is 0 Å². The molecule has 0 aromatic heterocycles. The Bertz CT molecular complexity index is 504. The Hall–Kier alpha value is -2.24. The lowest BCUT2D eigenvalue weighted by Crippen LogP contribution is -2.34. The molecule has 0 bridgehead atoms. The van der Waals surface area contributed by atoms with E-state index in [0.29, 0.717) is 24.5 Å². The van der Waals surface area contributed by atoms with Crippen molar-refractivity contribution in [3.8, 4) is 5.75 Å². The van der Waals surface area contributed by atoms with Gasteiger partial charge in [-0.1, -0.05) is 12.1 Å². The SMILES string of the molecule is CC(C(=O)O)c1ccc(OCCNC(=O)OC(C)(C)C)cc1. The molecule has 1 amide bonds. The predicted octanol–water partition coefficient (Wildman–Crippen LogP) is 2.78. The highest BCUT2D eigenvalue weighted by atomic mass is 16.6. The second-order valence-corrected chi connectivity index (χ2v) is 5.91. The van der Waals surface area contributed by atoms with Crippen molar-refractivity contribution in [3.05, 3.63) is 29.8 Å². The van der Waals surface area contributed by atoms with Crippen molar-refractivity contribution in [2.45, 2.75) is 39.2 Å². The van der Waals surface area contributed by atoms with Crippen LogP contribution in [0.15, 0.2) is 24.3 Å². The smallest absolute Gasteiger partial charge is 0.407 e. The number of benzene rings is 1. The molecule has 1 aromatic rings. The highest BCUT2D eigenvalue weighted by Gasteiger charge is 2.15. The Morgan fingerprint density at radius 1 is 1.23 bits per heavy atom. The molecule has 1 atom stereocenters. The molecule has 0 aliphatic carbocycles. The lowest BCUT2D eigenvalue weighted by molar-refractivity contribution is -0.138. The topological polar surface area (TPSA) is 84.9 Å². The largest absolute Gasteiger partial charge is 0.492 e. The van der Waals surface area contributed by atoms with E-state index in [1.165, 1.54) is 0 Å². The van der Waals surface area contributed by atoms with Crippen molar-refractivity contribution in [1.29, 1.82) is 0 Å². The molecule has 0 spiro atoms. The van der Waals surface area contributed by atoms with Gasteiger partial charge in [-0.15, -0.1) is 0 Å². The van der Waals surface area contributed by atoms with Crippen LogP contribution in [0.2, 0.25) is 0 Å². The maximum absolute atomic E-state index is 11.4. The fourth-order valence-electron chi connectivity index (χ4n) is 1.63. The van der Waals surface area contributed by atoms with Gasteiger partial charge in [0.2, 0.25) is 0 Å². The van der Waals surface area contributed by atoms with E-state index in [4.69, 9.17) is 14.6 Å². The summed E-state index contributed by atoms with van der Waals surface area (Å²) < 4.78 is 10.6. The number of carbonyl (C=O) groups excluding carboxylic acids is 1. The number of carboxylic acid groups (broad SMARTS) is 1. The molecule has 0 aliphatic rings. The third kappa shape index (κ3) is 6.47. The van der Waals surface area contributed by atoms with Crippen LogP contribution < -0.4 is 10.1 Å². The molecule has 0 saturated heterocycles. The minimum absolute atomic E-state index is 0.299. The molecular weight excluding hydrogens is 286 g/mol. The van der Waals surface area contributed by atoms with Crippen molar-refractivity contribution in [2.24, 2.45) is 0 Å². The highest BCUT2D eigenvalue weighted by molar-refractivity contribution is 5.75. The van der Waals surface area contributed by atoms with Crippen LogP contribution in [0.5, 0.6) is 5.75 Å². The Labute approximate surface area is 130 Å². The van der Waals surface area contributed by atoms with E-state index in [1.54, 1.807) is 52.0 Å². The van der Waals surface area contributed by atoms with Crippen LogP contribution in [0.3, 0.4) is 0 Å². The number of rotatable bonds is 6. The monoisotopic (exact) mass is 309 g/mol.